The van der Waals surface area contributed by atoms with E-state index in [4.69, 9.17) is 0 Å². The van der Waals surface area contributed by atoms with Crippen molar-refractivity contribution in [2.45, 2.75) is 39.7 Å². The van der Waals surface area contributed by atoms with Crippen LogP contribution in [0.1, 0.15) is 33.6 Å². The van der Waals surface area contributed by atoms with Gasteiger partial charge in [0, 0.05) is 12.5 Å². The number of rotatable bonds is 5. The smallest absolute Gasteiger partial charge is 0.221 e. The molecule has 0 spiro atoms. The first-order valence-electron chi connectivity index (χ1n) is 4.52. The highest BCUT2D eigenvalue weighted by Crippen LogP contribution is 2.06. The first-order valence-corrected chi connectivity index (χ1v) is 5.15. The molecular weight excluding hydrogens is 170 g/mol. The second-order valence-electron chi connectivity index (χ2n) is 3.22. The van der Waals surface area contributed by atoms with Crippen molar-refractivity contribution in [1.29, 1.82) is 0 Å². The first-order chi connectivity index (χ1) is 5.61. The van der Waals surface area contributed by atoms with Crippen molar-refractivity contribution in [2.75, 3.05) is 5.75 Å². The Balaban J connectivity index is 3.67. The zero-order valence-electron chi connectivity index (χ0n) is 8.13. The van der Waals surface area contributed by atoms with E-state index in [1.54, 1.807) is 0 Å². The fraction of sp³-hybridized carbons (Fsp3) is 0.889. The van der Waals surface area contributed by atoms with Gasteiger partial charge < -0.3 is 5.32 Å². The number of thiol groups is 1. The van der Waals surface area contributed by atoms with Gasteiger partial charge in [0.2, 0.25) is 5.91 Å². The van der Waals surface area contributed by atoms with Crippen LogP contribution < -0.4 is 5.32 Å². The highest BCUT2D eigenvalue weighted by molar-refractivity contribution is 7.80. The van der Waals surface area contributed by atoms with Gasteiger partial charge in [0.1, 0.15) is 0 Å². The van der Waals surface area contributed by atoms with Crippen LogP contribution in [-0.4, -0.2) is 17.7 Å². The summed E-state index contributed by atoms with van der Waals surface area (Å²) in [4.78, 5) is 11.1. The van der Waals surface area contributed by atoms with Gasteiger partial charge in [0.25, 0.3) is 0 Å². The summed E-state index contributed by atoms with van der Waals surface area (Å²) in [5.74, 6) is 1.28. The summed E-state index contributed by atoms with van der Waals surface area (Å²) >= 11 is 4.00. The predicted molar refractivity (Wildman–Crippen MR) is 55.5 cm³/mol. The molecule has 2 unspecified atom stereocenters. The molecule has 0 saturated carbocycles. The molecule has 1 N–H and O–H groups in total. The molecule has 0 heterocycles. The molecule has 0 aliphatic heterocycles. The molecule has 0 aromatic carbocycles. The Bertz CT molecular complexity index is 138. The highest BCUT2D eigenvalue weighted by atomic mass is 32.1. The van der Waals surface area contributed by atoms with Crippen molar-refractivity contribution < 1.29 is 4.79 Å². The van der Waals surface area contributed by atoms with Crippen LogP contribution in [0.3, 0.4) is 0 Å². The summed E-state index contributed by atoms with van der Waals surface area (Å²) < 4.78 is 0. The average Bonchev–Trinajstić information content (AvgIpc) is 2.03. The third-order valence-corrected chi connectivity index (χ3v) is 2.45. The van der Waals surface area contributed by atoms with Crippen LogP contribution in [0.4, 0.5) is 0 Å². The first kappa shape index (κ1) is 11.8. The van der Waals surface area contributed by atoms with Gasteiger partial charge in [-0.15, -0.1) is 0 Å². The lowest BCUT2D eigenvalue weighted by Gasteiger charge is -2.19. The maximum absolute atomic E-state index is 11.1. The molecule has 0 rings (SSSR count). The van der Waals surface area contributed by atoms with Crippen molar-refractivity contribution in [3.8, 4) is 0 Å². The Morgan fingerprint density at radius 2 is 2.08 bits per heavy atom. The molecule has 3 heteroatoms. The molecule has 0 saturated heterocycles. The second-order valence-corrected chi connectivity index (χ2v) is 3.66. The van der Waals surface area contributed by atoms with E-state index in [1.807, 2.05) is 6.92 Å². The summed E-state index contributed by atoms with van der Waals surface area (Å²) in [5.41, 5.74) is 0. The van der Waals surface area contributed by atoms with Crippen LogP contribution in [0.2, 0.25) is 0 Å². The number of amides is 1. The SMILES string of the molecule is CCC(C)C(C)NC(=O)CCS. The van der Waals surface area contributed by atoms with E-state index in [9.17, 15) is 4.79 Å². The van der Waals surface area contributed by atoms with Gasteiger partial charge in [-0.3, -0.25) is 4.79 Å². The summed E-state index contributed by atoms with van der Waals surface area (Å²) in [6, 6.07) is 0.280. The van der Waals surface area contributed by atoms with Crippen molar-refractivity contribution >= 4 is 18.5 Å². The molecular formula is C9H19NOS. The normalized spacial score (nSPS) is 15.3. The third-order valence-electron chi connectivity index (χ3n) is 2.23. The van der Waals surface area contributed by atoms with Gasteiger partial charge in [-0.25, -0.2) is 0 Å². The lowest BCUT2D eigenvalue weighted by molar-refractivity contribution is -0.121. The molecule has 0 aromatic heterocycles. The minimum atomic E-state index is 0.109. The van der Waals surface area contributed by atoms with Crippen LogP contribution in [0.25, 0.3) is 0 Å². The third kappa shape index (κ3) is 4.65. The summed E-state index contributed by atoms with van der Waals surface area (Å²) in [6.45, 7) is 6.32. The molecule has 0 fully saturated rings. The number of carbonyl (C=O) groups is 1. The average molecular weight is 189 g/mol. The minimum absolute atomic E-state index is 0.109. The lowest BCUT2D eigenvalue weighted by atomic mass is 10.0. The Morgan fingerprint density at radius 3 is 2.50 bits per heavy atom. The fourth-order valence-corrected chi connectivity index (χ4v) is 1.13. The standard InChI is InChI=1S/C9H19NOS/c1-4-7(2)8(3)10-9(11)5-6-12/h7-8,12H,4-6H2,1-3H3,(H,10,11). The molecule has 2 nitrogen and oxygen atoms in total. The summed E-state index contributed by atoms with van der Waals surface area (Å²) in [7, 11) is 0. The molecule has 12 heavy (non-hydrogen) atoms. The van der Waals surface area contributed by atoms with Gasteiger partial charge in [0.15, 0.2) is 0 Å². The molecule has 0 aliphatic carbocycles. The molecule has 0 radical (unpaired) electrons. The summed E-state index contributed by atoms with van der Waals surface area (Å²) in [6.07, 6.45) is 1.62. The van der Waals surface area contributed by atoms with Crippen LogP contribution in [-0.2, 0) is 4.79 Å². The zero-order valence-corrected chi connectivity index (χ0v) is 9.03. The van der Waals surface area contributed by atoms with Gasteiger partial charge in [-0.2, -0.15) is 12.6 Å². The largest absolute Gasteiger partial charge is 0.353 e. The monoisotopic (exact) mass is 189 g/mol. The maximum atomic E-state index is 11.1. The minimum Gasteiger partial charge on any atom is -0.353 e. The molecule has 0 aliphatic rings. The molecule has 1 amide bonds. The van der Waals surface area contributed by atoms with Crippen molar-refractivity contribution in [2.24, 2.45) is 5.92 Å². The Hall–Kier alpha value is -0.180. The zero-order chi connectivity index (χ0) is 9.56. The van der Waals surface area contributed by atoms with Crippen LogP contribution in [0.15, 0.2) is 0 Å². The van der Waals surface area contributed by atoms with E-state index >= 15 is 0 Å². The van der Waals surface area contributed by atoms with Gasteiger partial charge in [-0.1, -0.05) is 20.3 Å². The highest BCUT2D eigenvalue weighted by Gasteiger charge is 2.11. The number of hydrogen-bond acceptors (Lipinski definition) is 2. The van der Waals surface area contributed by atoms with Crippen LogP contribution in [0.5, 0.6) is 0 Å². The van der Waals surface area contributed by atoms with Crippen molar-refractivity contribution in [1.82, 2.24) is 5.32 Å². The topological polar surface area (TPSA) is 29.1 Å². The lowest BCUT2D eigenvalue weighted by Crippen LogP contribution is -2.36. The van der Waals surface area contributed by atoms with E-state index in [0.717, 1.165) is 6.42 Å². The maximum Gasteiger partial charge on any atom is 0.221 e. The fourth-order valence-electron chi connectivity index (χ4n) is 0.923. The Labute approximate surface area is 80.5 Å². The molecule has 0 aromatic rings. The van der Waals surface area contributed by atoms with E-state index in [2.05, 4.69) is 31.8 Å². The van der Waals surface area contributed by atoms with Gasteiger partial charge in [0.05, 0.1) is 0 Å². The van der Waals surface area contributed by atoms with Crippen molar-refractivity contribution in [3.63, 3.8) is 0 Å². The van der Waals surface area contributed by atoms with E-state index in [1.165, 1.54) is 0 Å². The van der Waals surface area contributed by atoms with Crippen LogP contribution in [0, 0.1) is 5.92 Å². The molecule has 2 atom stereocenters. The quantitative estimate of drug-likeness (QED) is 0.635. The van der Waals surface area contributed by atoms with E-state index in [-0.39, 0.29) is 11.9 Å². The molecule has 0 bridgehead atoms. The van der Waals surface area contributed by atoms with E-state index < -0.39 is 0 Å². The second kappa shape index (κ2) is 6.35. The van der Waals surface area contributed by atoms with E-state index in [0.29, 0.717) is 18.1 Å². The number of carbonyl (C=O) groups excluding carboxylic acids is 1. The number of nitrogens with one attached hydrogen (secondary N) is 1. The van der Waals surface area contributed by atoms with Gasteiger partial charge >= 0.3 is 0 Å². The van der Waals surface area contributed by atoms with Crippen LogP contribution >= 0.6 is 12.6 Å². The van der Waals surface area contributed by atoms with Gasteiger partial charge in [-0.05, 0) is 18.6 Å². The summed E-state index contributed by atoms with van der Waals surface area (Å²) in [5, 5.41) is 2.94. The van der Waals surface area contributed by atoms with Crippen molar-refractivity contribution in [3.05, 3.63) is 0 Å². The number of hydrogen-bond donors (Lipinski definition) is 2. The Morgan fingerprint density at radius 1 is 1.50 bits per heavy atom. The predicted octanol–water partition coefficient (Wildman–Crippen LogP) is 1.86. The molecule has 72 valence electrons. The Kier molecular flexibility index (Phi) is 6.25.